The van der Waals surface area contributed by atoms with Crippen LogP contribution in [0.1, 0.15) is 56.1 Å². The number of aryl methyl sites for hydroxylation is 1. The van der Waals surface area contributed by atoms with Crippen molar-refractivity contribution in [2.45, 2.75) is 56.6 Å². The number of carbonyl (C=O) groups is 1. The Hall–Kier alpha value is -2.46. The molecule has 2 aromatic rings. The van der Waals surface area contributed by atoms with Crippen molar-refractivity contribution in [3.63, 3.8) is 0 Å². The molecule has 196 valence electrons. The van der Waals surface area contributed by atoms with E-state index in [0.717, 1.165) is 29.7 Å². The van der Waals surface area contributed by atoms with Gasteiger partial charge in [-0.2, -0.15) is 0 Å². The highest BCUT2D eigenvalue weighted by Gasteiger charge is 2.50. The number of carbonyl (C=O) groups excluding carboxylic acids is 1. The van der Waals surface area contributed by atoms with Crippen LogP contribution in [0.25, 0.3) is 11.1 Å². The third-order valence-corrected chi connectivity index (χ3v) is 10.2. The Bertz CT molecular complexity index is 1170. The van der Waals surface area contributed by atoms with Crippen molar-refractivity contribution in [2.24, 2.45) is 0 Å². The summed E-state index contributed by atoms with van der Waals surface area (Å²) in [6.07, 6.45) is 1.66. The summed E-state index contributed by atoms with van der Waals surface area (Å²) in [5.74, 6) is 0.439. The molecule has 0 atom stereocenters. The smallest absolute Gasteiger partial charge is 0.244 e. The van der Waals surface area contributed by atoms with Gasteiger partial charge in [0.05, 0.1) is 11.4 Å². The van der Waals surface area contributed by atoms with E-state index in [1.807, 2.05) is 19.1 Å². The van der Waals surface area contributed by atoms with E-state index in [4.69, 9.17) is 14.7 Å². The molecule has 8 nitrogen and oxygen atoms in total. The maximum atomic E-state index is 13.7. The van der Waals surface area contributed by atoms with E-state index >= 15 is 0 Å². The highest BCUT2D eigenvalue weighted by molar-refractivity contribution is 7.90. The number of hydrogen-bond acceptors (Lipinski definition) is 6. The van der Waals surface area contributed by atoms with Gasteiger partial charge in [0.1, 0.15) is 5.75 Å². The average Bonchev–Trinajstić information content (AvgIpc) is 2.89. The average molecular weight is 517 g/mol. The Morgan fingerprint density at radius 3 is 2.53 bits per heavy atom. The largest absolute Gasteiger partial charge is 0.494 e. The van der Waals surface area contributed by atoms with E-state index in [2.05, 4.69) is 37.3 Å². The van der Waals surface area contributed by atoms with Gasteiger partial charge in [-0.15, -0.1) is 0 Å². The van der Waals surface area contributed by atoms with Crippen molar-refractivity contribution in [3.8, 4) is 16.9 Å². The number of benzene rings is 2. The second kappa shape index (κ2) is 11.3. The minimum atomic E-state index is -3.75. The van der Waals surface area contributed by atoms with Gasteiger partial charge in [0, 0.05) is 32.7 Å². The third kappa shape index (κ3) is 5.44. The molecule has 1 amide bonds. The van der Waals surface area contributed by atoms with Crippen LogP contribution < -0.4 is 10.2 Å². The first-order valence-corrected chi connectivity index (χ1v) is 14.1. The van der Waals surface area contributed by atoms with Gasteiger partial charge in [-0.25, -0.2) is 18.2 Å². The van der Waals surface area contributed by atoms with Gasteiger partial charge in [-0.05, 0) is 79.8 Å². The van der Waals surface area contributed by atoms with E-state index in [9.17, 15) is 13.2 Å². The van der Waals surface area contributed by atoms with E-state index in [0.29, 0.717) is 19.7 Å². The lowest BCUT2D eigenvalue weighted by atomic mass is 9.87. The summed E-state index contributed by atoms with van der Waals surface area (Å²) in [5, 5.41) is 9.02. The normalized spacial score (nSPS) is 19.1. The lowest BCUT2D eigenvalue weighted by Gasteiger charge is -2.42. The quantitative estimate of drug-likeness (QED) is 0.406. The first-order valence-electron chi connectivity index (χ1n) is 12.6. The van der Waals surface area contributed by atoms with E-state index in [-0.39, 0.29) is 38.4 Å². The van der Waals surface area contributed by atoms with Crippen LogP contribution in [-0.4, -0.2) is 61.5 Å². The lowest BCUT2D eigenvalue weighted by molar-refractivity contribution is -0.130. The number of piperidine rings is 1. The molecular formula is C27H36N2O6S. The zero-order chi connectivity index (χ0) is 25.8. The number of nitrogens with zero attached hydrogens (tertiary/aromatic N) is 1. The monoisotopic (exact) mass is 516 g/mol. The van der Waals surface area contributed by atoms with Crippen LogP contribution in [0.3, 0.4) is 0 Å². The van der Waals surface area contributed by atoms with E-state index < -0.39 is 20.7 Å². The van der Waals surface area contributed by atoms with Crippen molar-refractivity contribution in [2.75, 3.05) is 32.9 Å². The van der Waals surface area contributed by atoms with Crippen LogP contribution >= 0.6 is 0 Å². The maximum absolute atomic E-state index is 13.7. The fourth-order valence-electron chi connectivity index (χ4n) is 5.49. The second-order valence-electron chi connectivity index (χ2n) is 9.72. The molecule has 4 rings (SSSR count). The second-order valence-corrected chi connectivity index (χ2v) is 12.1. The number of hydrogen-bond donors (Lipinski definition) is 2. The first-order chi connectivity index (χ1) is 17.3. The van der Waals surface area contributed by atoms with Gasteiger partial charge in [0.15, 0.2) is 0 Å². The number of sulfonamides is 1. The lowest BCUT2D eigenvalue weighted by Crippen LogP contribution is -2.54. The number of nitrogens with one attached hydrogen (secondary N) is 1. The predicted molar refractivity (Wildman–Crippen MR) is 138 cm³/mol. The highest BCUT2D eigenvalue weighted by Crippen LogP contribution is 2.39. The van der Waals surface area contributed by atoms with Crippen LogP contribution in [0.15, 0.2) is 42.5 Å². The van der Waals surface area contributed by atoms with Crippen LogP contribution in [0, 0.1) is 6.92 Å². The molecule has 0 aromatic heterocycles. The van der Waals surface area contributed by atoms with Crippen LogP contribution in [0.2, 0.25) is 0 Å². The molecule has 2 fully saturated rings. The molecule has 0 radical (unpaired) electrons. The molecule has 2 aromatic carbocycles. The summed E-state index contributed by atoms with van der Waals surface area (Å²) >= 11 is 0. The standard InChI is InChI=1S/C27H36N2O6S/c1-3-35-24-6-4-5-23(18-24)25-8-7-22(17-20(25)2)21-9-13-29(14-10-21)36(32,33)27(19-26(30)28-31)11-15-34-16-12-27/h4-8,17-18,21,31H,3,9-16,19H2,1-2H3,(H,28,30). The van der Waals surface area contributed by atoms with Crippen LogP contribution in [0.4, 0.5) is 0 Å². The summed E-state index contributed by atoms with van der Waals surface area (Å²) < 4.78 is 38.7. The molecule has 0 bridgehead atoms. The van der Waals surface area contributed by atoms with Gasteiger partial charge >= 0.3 is 0 Å². The SMILES string of the molecule is CCOc1cccc(-c2ccc(C3CCN(S(=O)(=O)C4(CC(=O)NO)CCOCC4)CC3)cc2C)c1. The molecule has 2 aliphatic heterocycles. The van der Waals surface area contributed by atoms with Crippen LogP contribution in [0.5, 0.6) is 5.75 Å². The number of amides is 1. The predicted octanol–water partition coefficient (Wildman–Crippen LogP) is 4.01. The van der Waals surface area contributed by atoms with E-state index in [1.165, 1.54) is 11.1 Å². The molecule has 2 aliphatic rings. The molecule has 9 heteroatoms. The van der Waals surface area contributed by atoms with Gasteiger partial charge in [-0.1, -0.05) is 30.3 Å². The first kappa shape index (κ1) is 26.6. The van der Waals surface area contributed by atoms with Gasteiger partial charge < -0.3 is 9.47 Å². The topological polar surface area (TPSA) is 105 Å². The van der Waals surface area contributed by atoms with Gasteiger partial charge in [0.2, 0.25) is 15.9 Å². The Labute approximate surface area is 213 Å². The molecule has 0 saturated carbocycles. The fourth-order valence-corrected chi connectivity index (χ4v) is 7.72. The molecule has 2 saturated heterocycles. The summed E-state index contributed by atoms with van der Waals surface area (Å²) in [6, 6.07) is 14.6. The van der Waals surface area contributed by atoms with Crippen molar-refractivity contribution in [1.82, 2.24) is 9.79 Å². The summed E-state index contributed by atoms with van der Waals surface area (Å²) in [4.78, 5) is 12.0. The molecular weight excluding hydrogens is 480 g/mol. The highest BCUT2D eigenvalue weighted by atomic mass is 32.2. The Kier molecular flexibility index (Phi) is 8.34. The number of ether oxygens (including phenoxy) is 2. The molecule has 0 unspecified atom stereocenters. The van der Waals surface area contributed by atoms with Crippen molar-refractivity contribution < 1.29 is 27.9 Å². The van der Waals surface area contributed by atoms with Crippen molar-refractivity contribution in [3.05, 3.63) is 53.6 Å². The zero-order valence-corrected chi connectivity index (χ0v) is 21.9. The maximum Gasteiger partial charge on any atom is 0.244 e. The minimum absolute atomic E-state index is 0.244. The Morgan fingerprint density at radius 2 is 1.89 bits per heavy atom. The number of rotatable bonds is 8. The molecule has 0 spiro atoms. The van der Waals surface area contributed by atoms with Crippen LogP contribution in [-0.2, 0) is 19.6 Å². The minimum Gasteiger partial charge on any atom is -0.494 e. The van der Waals surface area contributed by atoms with Gasteiger partial charge in [-0.3, -0.25) is 10.0 Å². The third-order valence-electron chi connectivity index (χ3n) is 7.53. The molecule has 36 heavy (non-hydrogen) atoms. The molecule has 0 aliphatic carbocycles. The molecule has 2 heterocycles. The van der Waals surface area contributed by atoms with Crippen molar-refractivity contribution in [1.29, 1.82) is 0 Å². The summed E-state index contributed by atoms with van der Waals surface area (Å²) in [7, 11) is -3.75. The summed E-state index contributed by atoms with van der Waals surface area (Å²) in [6.45, 7) is 6.09. The fraction of sp³-hybridized carbons (Fsp3) is 0.519. The molecule has 2 N–H and O–H groups in total. The number of hydroxylamine groups is 1. The van der Waals surface area contributed by atoms with Crippen molar-refractivity contribution >= 4 is 15.9 Å². The van der Waals surface area contributed by atoms with Gasteiger partial charge in [0.25, 0.3) is 0 Å². The van der Waals surface area contributed by atoms with E-state index in [1.54, 1.807) is 9.79 Å². The summed E-state index contributed by atoms with van der Waals surface area (Å²) in [5.41, 5.74) is 6.26. The Morgan fingerprint density at radius 1 is 1.17 bits per heavy atom. The Balaban J connectivity index is 1.47. The zero-order valence-electron chi connectivity index (χ0n) is 21.0.